The van der Waals surface area contributed by atoms with Gasteiger partial charge in [-0.1, -0.05) is 261 Å². The Morgan fingerprint density at radius 1 is 0.274 bits per heavy atom. The molecule has 0 aromatic rings. The molecule has 0 fully saturated rings. The molecule has 0 saturated heterocycles. The third kappa shape index (κ3) is 59.9. The molecule has 0 spiro atoms. The van der Waals surface area contributed by atoms with Gasteiger partial charge in [-0.2, -0.15) is 0 Å². The number of allylic oxidation sites excluding steroid dienone is 10. The number of carbonyl (C=O) groups is 3. The Morgan fingerprint density at radius 2 is 0.493 bits per heavy atom. The highest BCUT2D eigenvalue weighted by molar-refractivity contribution is 5.71. The van der Waals surface area contributed by atoms with Crippen molar-refractivity contribution in [1.82, 2.24) is 0 Å². The van der Waals surface area contributed by atoms with E-state index in [1.807, 2.05) is 0 Å². The molecule has 0 saturated carbocycles. The fourth-order valence-electron chi connectivity index (χ4n) is 9.15. The Morgan fingerprint density at radius 3 is 0.795 bits per heavy atom. The van der Waals surface area contributed by atoms with E-state index in [4.69, 9.17) is 14.2 Å². The summed E-state index contributed by atoms with van der Waals surface area (Å²) >= 11 is 0. The molecular formula is C67H120O6. The predicted octanol–water partition coefficient (Wildman–Crippen LogP) is 21.6. The third-order valence-corrected chi connectivity index (χ3v) is 14.0. The van der Waals surface area contributed by atoms with Gasteiger partial charge in [0.05, 0.1) is 0 Å². The van der Waals surface area contributed by atoms with Crippen LogP contribution in [0.15, 0.2) is 60.8 Å². The molecule has 0 aromatic carbocycles. The molecule has 0 aliphatic heterocycles. The second-order valence-electron chi connectivity index (χ2n) is 21.3. The van der Waals surface area contributed by atoms with Crippen LogP contribution in [-0.2, 0) is 28.6 Å². The molecule has 1 atom stereocenters. The first kappa shape index (κ1) is 70.1. The molecule has 0 aliphatic carbocycles. The predicted molar refractivity (Wildman–Crippen MR) is 316 cm³/mol. The summed E-state index contributed by atoms with van der Waals surface area (Å²) in [5.74, 6) is -0.885. The molecule has 0 aromatic heterocycles. The average molecular weight is 1020 g/mol. The quantitative estimate of drug-likeness (QED) is 0.0261. The van der Waals surface area contributed by atoms with Gasteiger partial charge in [-0.3, -0.25) is 14.4 Å². The highest BCUT2D eigenvalue weighted by atomic mass is 16.6. The van der Waals surface area contributed by atoms with Crippen LogP contribution in [0.4, 0.5) is 0 Å². The third-order valence-electron chi connectivity index (χ3n) is 14.0. The first-order valence-electron chi connectivity index (χ1n) is 31.8. The second kappa shape index (κ2) is 61.7. The number of ether oxygens (including phenoxy) is 3. The normalized spacial score (nSPS) is 12.4. The Balaban J connectivity index is 4.34. The van der Waals surface area contributed by atoms with Gasteiger partial charge < -0.3 is 14.2 Å². The fraction of sp³-hybridized carbons (Fsp3) is 0.806. The highest BCUT2D eigenvalue weighted by Gasteiger charge is 2.19. The summed E-state index contributed by atoms with van der Waals surface area (Å²) in [6, 6.07) is 0. The van der Waals surface area contributed by atoms with E-state index in [2.05, 4.69) is 81.5 Å². The Bertz CT molecular complexity index is 1310. The van der Waals surface area contributed by atoms with Gasteiger partial charge in [0.25, 0.3) is 0 Å². The number of unbranched alkanes of at least 4 members (excludes halogenated alkanes) is 37. The maximum Gasteiger partial charge on any atom is 0.306 e. The summed E-state index contributed by atoms with van der Waals surface area (Å²) in [6.07, 6.45) is 77.9. The summed E-state index contributed by atoms with van der Waals surface area (Å²) < 4.78 is 16.9. The zero-order chi connectivity index (χ0) is 52.9. The number of hydrogen-bond donors (Lipinski definition) is 0. The van der Waals surface area contributed by atoms with E-state index in [1.54, 1.807) is 0 Å². The summed E-state index contributed by atoms with van der Waals surface area (Å²) in [4.78, 5) is 38.3. The van der Waals surface area contributed by atoms with Crippen molar-refractivity contribution in [3.8, 4) is 0 Å². The number of esters is 3. The van der Waals surface area contributed by atoms with Gasteiger partial charge in [0.15, 0.2) is 6.10 Å². The van der Waals surface area contributed by atoms with Crippen molar-refractivity contribution < 1.29 is 28.6 Å². The molecule has 73 heavy (non-hydrogen) atoms. The zero-order valence-corrected chi connectivity index (χ0v) is 48.7. The lowest BCUT2D eigenvalue weighted by Crippen LogP contribution is -2.30. The van der Waals surface area contributed by atoms with E-state index in [0.717, 1.165) is 83.5 Å². The minimum absolute atomic E-state index is 0.0799. The summed E-state index contributed by atoms with van der Waals surface area (Å²) in [5, 5.41) is 0. The molecule has 0 amide bonds. The lowest BCUT2D eigenvalue weighted by molar-refractivity contribution is -0.167. The highest BCUT2D eigenvalue weighted by Crippen LogP contribution is 2.16. The van der Waals surface area contributed by atoms with Crippen LogP contribution in [0.3, 0.4) is 0 Å². The van der Waals surface area contributed by atoms with Gasteiger partial charge >= 0.3 is 17.9 Å². The average Bonchev–Trinajstić information content (AvgIpc) is 3.39. The van der Waals surface area contributed by atoms with Crippen molar-refractivity contribution >= 4 is 17.9 Å². The van der Waals surface area contributed by atoms with Crippen LogP contribution >= 0.6 is 0 Å². The Labute approximate surface area is 453 Å². The van der Waals surface area contributed by atoms with E-state index >= 15 is 0 Å². The van der Waals surface area contributed by atoms with Crippen molar-refractivity contribution in [2.75, 3.05) is 13.2 Å². The Hall–Kier alpha value is -2.89. The largest absolute Gasteiger partial charge is 0.462 e. The number of hydrogen-bond acceptors (Lipinski definition) is 6. The van der Waals surface area contributed by atoms with E-state index in [9.17, 15) is 14.4 Å². The van der Waals surface area contributed by atoms with Gasteiger partial charge in [0, 0.05) is 19.3 Å². The molecule has 424 valence electrons. The molecule has 1 unspecified atom stereocenters. The lowest BCUT2D eigenvalue weighted by atomic mass is 10.0. The standard InChI is InChI=1S/C67H120O6/c1-4-7-10-13-16-19-22-25-28-30-31-32-33-34-35-37-39-42-45-48-51-54-57-60-66(69)72-63-64(62-71-65(68)59-56-53-50-47-44-41-38-27-24-21-18-15-12-9-6-3)73-67(70)61-58-55-52-49-46-43-40-36-29-26-23-20-17-14-11-8-5-2/h18,21-22,25-27,29-31,38,64H,4-17,19-20,23-24,28,32-37,39-63H2,1-3H3/b21-18-,25-22-,29-26-,31-30-,38-27-. The minimum Gasteiger partial charge on any atom is -0.462 e. The molecule has 0 heterocycles. The SMILES string of the molecule is CCCCC/C=C\C/C=C\CCCCCCCC(=O)OCC(COC(=O)CCCCCCCCCCCCC/C=C\C/C=C\CCCCCCC)OC(=O)CCCCCCCCC/C=C\CCCCCCCC. The summed E-state index contributed by atoms with van der Waals surface area (Å²) in [6.45, 7) is 6.62. The summed E-state index contributed by atoms with van der Waals surface area (Å²) in [5.41, 5.74) is 0. The topological polar surface area (TPSA) is 78.9 Å². The minimum atomic E-state index is -0.784. The number of carbonyl (C=O) groups excluding carboxylic acids is 3. The lowest BCUT2D eigenvalue weighted by Gasteiger charge is -2.18. The van der Waals surface area contributed by atoms with Crippen LogP contribution < -0.4 is 0 Å². The fourth-order valence-corrected chi connectivity index (χ4v) is 9.15. The van der Waals surface area contributed by atoms with E-state index < -0.39 is 6.10 Å². The van der Waals surface area contributed by atoms with Gasteiger partial charge in [0.1, 0.15) is 13.2 Å². The first-order valence-corrected chi connectivity index (χ1v) is 31.8. The molecule has 0 radical (unpaired) electrons. The smallest absolute Gasteiger partial charge is 0.306 e. The van der Waals surface area contributed by atoms with Crippen LogP contribution in [0.25, 0.3) is 0 Å². The van der Waals surface area contributed by atoms with E-state index in [0.29, 0.717) is 19.3 Å². The van der Waals surface area contributed by atoms with Crippen LogP contribution in [-0.4, -0.2) is 37.2 Å². The molecule has 0 N–H and O–H groups in total. The second-order valence-corrected chi connectivity index (χ2v) is 21.3. The molecule has 6 nitrogen and oxygen atoms in total. The van der Waals surface area contributed by atoms with Crippen LogP contribution in [0.5, 0.6) is 0 Å². The Kier molecular flexibility index (Phi) is 59.2. The zero-order valence-electron chi connectivity index (χ0n) is 48.7. The van der Waals surface area contributed by atoms with Crippen LogP contribution in [0, 0.1) is 0 Å². The van der Waals surface area contributed by atoms with Crippen LogP contribution in [0.1, 0.15) is 329 Å². The molecular weight excluding hydrogens is 901 g/mol. The maximum absolute atomic E-state index is 12.9. The molecule has 0 aliphatic rings. The van der Waals surface area contributed by atoms with Crippen molar-refractivity contribution in [2.24, 2.45) is 0 Å². The maximum atomic E-state index is 12.9. The molecule has 6 heteroatoms. The van der Waals surface area contributed by atoms with Crippen molar-refractivity contribution in [3.63, 3.8) is 0 Å². The van der Waals surface area contributed by atoms with Gasteiger partial charge in [-0.25, -0.2) is 0 Å². The van der Waals surface area contributed by atoms with Gasteiger partial charge in [-0.05, 0) is 109 Å². The molecule has 0 rings (SSSR count). The van der Waals surface area contributed by atoms with Gasteiger partial charge in [-0.15, -0.1) is 0 Å². The van der Waals surface area contributed by atoms with Crippen molar-refractivity contribution in [3.05, 3.63) is 60.8 Å². The molecule has 0 bridgehead atoms. The summed E-state index contributed by atoms with van der Waals surface area (Å²) in [7, 11) is 0. The van der Waals surface area contributed by atoms with Crippen LogP contribution in [0.2, 0.25) is 0 Å². The van der Waals surface area contributed by atoms with Crippen molar-refractivity contribution in [2.45, 2.75) is 335 Å². The monoisotopic (exact) mass is 1020 g/mol. The van der Waals surface area contributed by atoms with E-state index in [-0.39, 0.29) is 31.1 Å². The first-order chi connectivity index (χ1) is 36.0. The number of rotatable bonds is 58. The van der Waals surface area contributed by atoms with Crippen molar-refractivity contribution in [1.29, 1.82) is 0 Å². The van der Waals surface area contributed by atoms with Gasteiger partial charge in [0.2, 0.25) is 0 Å². The van der Waals surface area contributed by atoms with E-state index in [1.165, 1.54) is 205 Å².